The molecule has 35 heavy (non-hydrogen) atoms. The van der Waals surface area contributed by atoms with Crippen LogP contribution in [0.5, 0.6) is 0 Å². The number of nitrogens with one attached hydrogen (secondary N) is 1. The summed E-state index contributed by atoms with van der Waals surface area (Å²) < 4.78 is 6.31. The molecule has 0 aliphatic carbocycles. The minimum atomic E-state index is -0.468. The molecule has 1 unspecified atom stereocenters. The van der Waals surface area contributed by atoms with Gasteiger partial charge in [-0.2, -0.15) is 0 Å². The third-order valence-electron chi connectivity index (χ3n) is 5.98. The minimum absolute atomic E-state index is 0.171. The lowest BCUT2D eigenvalue weighted by Gasteiger charge is -2.48. The van der Waals surface area contributed by atoms with Crippen molar-refractivity contribution in [3.05, 3.63) is 69.7 Å². The lowest BCUT2D eigenvalue weighted by Crippen LogP contribution is -2.53. The van der Waals surface area contributed by atoms with Gasteiger partial charge in [0.1, 0.15) is 6.10 Å². The predicted molar refractivity (Wildman–Crippen MR) is 145 cm³/mol. The molecular weight excluding hydrogens is 481 g/mol. The van der Waals surface area contributed by atoms with Crippen molar-refractivity contribution in [1.29, 1.82) is 0 Å². The highest BCUT2D eigenvalue weighted by Gasteiger charge is 2.48. The second kappa shape index (κ2) is 12.3. The molecule has 0 fully saturated rings. The van der Waals surface area contributed by atoms with E-state index >= 15 is 0 Å². The molecule has 0 bridgehead atoms. The van der Waals surface area contributed by atoms with Crippen LogP contribution in [0, 0.1) is 22.7 Å². The van der Waals surface area contributed by atoms with Gasteiger partial charge in [-0.25, -0.2) is 4.79 Å². The van der Waals surface area contributed by atoms with E-state index in [0.717, 1.165) is 12.8 Å². The summed E-state index contributed by atoms with van der Waals surface area (Å²) in [6.45, 7) is 15.3. The van der Waals surface area contributed by atoms with Gasteiger partial charge in [0.15, 0.2) is 0 Å². The van der Waals surface area contributed by atoms with Gasteiger partial charge in [-0.3, -0.25) is 4.79 Å². The number of carbonyl (C=O) groups is 2. The number of amides is 1. The van der Waals surface area contributed by atoms with E-state index in [1.165, 1.54) is 0 Å². The highest BCUT2D eigenvalue weighted by molar-refractivity contribution is 6.31. The Morgan fingerprint density at radius 1 is 0.800 bits per heavy atom. The van der Waals surface area contributed by atoms with Crippen LogP contribution in [0.1, 0.15) is 82.0 Å². The maximum absolute atomic E-state index is 13.3. The molecule has 1 amide bonds. The monoisotopic (exact) mass is 519 g/mol. The van der Waals surface area contributed by atoms with E-state index in [1.807, 2.05) is 0 Å². The van der Waals surface area contributed by atoms with Crippen molar-refractivity contribution >= 4 is 35.1 Å². The van der Waals surface area contributed by atoms with Gasteiger partial charge in [-0.15, -0.1) is 0 Å². The van der Waals surface area contributed by atoms with Gasteiger partial charge in [0.05, 0.1) is 5.56 Å². The SMILES string of the molecule is CC(C)CC(CNC(=O)c1ccc(Cl)cc1)(CC(C)C)C(OC(=O)c1ccc(Cl)cc1)C(C)(C)C. The Balaban J connectivity index is 2.45. The summed E-state index contributed by atoms with van der Waals surface area (Å²) in [5.41, 5.74) is 0.168. The molecule has 0 saturated carbocycles. The number of benzene rings is 2. The molecule has 0 spiro atoms. The van der Waals surface area contributed by atoms with E-state index < -0.39 is 11.5 Å². The number of rotatable bonds is 10. The number of carbonyl (C=O) groups excluding carboxylic acids is 2. The van der Waals surface area contributed by atoms with Crippen LogP contribution < -0.4 is 5.32 Å². The zero-order valence-electron chi connectivity index (χ0n) is 22.0. The Bertz CT molecular complexity index is 966. The maximum Gasteiger partial charge on any atom is 0.338 e. The molecular formula is C29H39Cl2NO3. The first-order chi connectivity index (χ1) is 16.2. The standard InChI is InChI=1S/C29H39Cl2NO3/c1-19(2)16-29(17-20(3)4,18-32-25(33)21-8-12-23(30)13-9-21)27(28(5,6)7)35-26(34)22-10-14-24(31)15-11-22/h8-15,19-20,27H,16-18H2,1-7H3,(H,32,33). The fourth-order valence-electron chi connectivity index (χ4n) is 5.10. The van der Waals surface area contributed by atoms with Crippen molar-refractivity contribution in [2.24, 2.45) is 22.7 Å². The summed E-state index contributed by atoms with van der Waals surface area (Å²) in [4.78, 5) is 26.3. The number of halogens is 2. The zero-order chi connectivity index (χ0) is 26.4. The smallest absolute Gasteiger partial charge is 0.338 e. The van der Waals surface area contributed by atoms with Crippen LogP contribution in [-0.4, -0.2) is 24.5 Å². The fraction of sp³-hybridized carbons (Fsp3) is 0.517. The van der Waals surface area contributed by atoms with E-state index in [2.05, 4.69) is 53.8 Å². The normalized spacial score (nSPS) is 13.1. The molecule has 0 heterocycles. The Morgan fingerprint density at radius 3 is 1.63 bits per heavy atom. The largest absolute Gasteiger partial charge is 0.458 e. The van der Waals surface area contributed by atoms with Gasteiger partial charge in [-0.1, -0.05) is 71.7 Å². The van der Waals surface area contributed by atoms with Crippen molar-refractivity contribution in [3.8, 4) is 0 Å². The van der Waals surface area contributed by atoms with Crippen molar-refractivity contribution in [1.82, 2.24) is 5.32 Å². The summed E-state index contributed by atoms with van der Waals surface area (Å²) in [6, 6.07) is 13.6. The molecule has 1 atom stereocenters. The van der Waals surface area contributed by atoms with Crippen LogP contribution in [0.15, 0.2) is 48.5 Å². The summed E-state index contributed by atoms with van der Waals surface area (Å²) in [6.07, 6.45) is 1.15. The summed E-state index contributed by atoms with van der Waals surface area (Å²) in [5.74, 6) is 0.110. The van der Waals surface area contributed by atoms with Gasteiger partial charge in [0.25, 0.3) is 5.91 Å². The lowest BCUT2D eigenvalue weighted by molar-refractivity contribution is -0.0851. The van der Waals surface area contributed by atoms with Gasteiger partial charge in [0, 0.05) is 27.6 Å². The molecule has 4 nitrogen and oxygen atoms in total. The van der Waals surface area contributed by atoms with E-state index in [9.17, 15) is 9.59 Å². The first-order valence-electron chi connectivity index (χ1n) is 12.2. The Labute approximate surface area is 220 Å². The first kappa shape index (κ1) is 29.2. The number of hydrogen-bond acceptors (Lipinski definition) is 3. The average Bonchev–Trinajstić information content (AvgIpc) is 2.75. The van der Waals surface area contributed by atoms with E-state index in [0.29, 0.717) is 39.6 Å². The van der Waals surface area contributed by atoms with E-state index in [-0.39, 0.29) is 17.3 Å². The third-order valence-corrected chi connectivity index (χ3v) is 6.49. The van der Waals surface area contributed by atoms with E-state index in [4.69, 9.17) is 27.9 Å². The lowest BCUT2D eigenvalue weighted by atomic mass is 9.63. The zero-order valence-corrected chi connectivity index (χ0v) is 23.5. The van der Waals surface area contributed by atoms with Crippen LogP contribution in [0.3, 0.4) is 0 Å². The van der Waals surface area contributed by atoms with Gasteiger partial charge in [0.2, 0.25) is 0 Å². The summed E-state index contributed by atoms with van der Waals surface area (Å²) in [7, 11) is 0. The second-order valence-electron chi connectivity index (χ2n) is 11.4. The molecule has 192 valence electrons. The van der Waals surface area contributed by atoms with Crippen LogP contribution in [0.2, 0.25) is 10.0 Å². The van der Waals surface area contributed by atoms with Crippen LogP contribution in [-0.2, 0) is 4.74 Å². The molecule has 1 N–H and O–H groups in total. The fourth-order valence-corrected chi connectivity index (χ4v) is 5.35. The summed E-state index contributed by atoms with van der Waals surface area (Å²) >= 11 is 12.0. The van der Waals surface area contributed by atoms with Crippen LogP contribution in [0.25, 0.3) is 0 Å². The van der Waals surface area contributed by atoms with E-state index in [1.54, 1.807) is 48.5 Å². The van der Waals surface area contributed by atoms with Gasteiger partial charge >= 0.3 is 5.97 Å². The molecule has 0 aromatic heterocycles. The van der Waals surface area contributed by atoms with Crippen molar-refractivity contribution < 1.29 is 14.3 Å². The second-order valence-corrected chi connectivity index (χ2v) is 12.3. The molecule has 2 aromatic rings. The number of ether oxygens (including phenoxy) is 1. The van der Waals surface area contributed by atoms with Gasteiger partial charge in [-0.05, 0) is 78.6 Å². The Hall–Kier alpha value is -2.04. The Kier molecular flexibility index (Phi) is 10.2. The van der Waals surface area contributed by atoms with Crippen molar-refractivity contribution in [2.75, 3.05) is 6.54 Å². The number of esters is 1. The van der Waals surface area contributed by atoms with Crippen LogP contribution in [0.4, 0.5) is 0 Å². The Morgan fingerprint density at radius 2 is 1.23 bits per heavy atom. The summed E-state index contributed by atoms with van der Waals surface area (Å²) in [5, 5.41) is 4.30. The molecule has 0 aliphatic heterocycles. The highest BCUT2D eigenvalue weighted by Crippen LogP contribution is 2.45. The minimum Gasteiger partial charge on any atom is -0.458 e. The highest BCUT2D eigenvalue weighted by atomic mass is 35.5. The molecule has 2 aromatic carbocycles. The molecule has 0 radical (unpaired) electrons. The molecule has 6 heteroatoms. The molecule has 0 aliphatic rings. The number of hydrogen-bond donors (Lipinski definition) is 1. The van der Waals surface area contributed by atoms with Crippen molar-refractivity contribution in [3.63, 3.8) is 0 Å². The van der Waals surface area contributed by atoms with Crippen LogP contribution >= 0.6 is 23.2 Å². The molecule has 2 rings (SSSR count). The molecule has 0 saturated heterocycles. The maximum atomic E-state index is 13.3. The van der Waals surface area contributed by atoms with Gasteiger partial charge < -0.3 is 10.1 Å². The quantitative estimate of drug-likeness (QED) is 0.322. The van der Waals surface area contributed by atoms with Crippen molar-refractivity contribution in [2.45, 2.75) is 67.4 Å². The predicted octanol–water partition coefficient (Wildman–Crippen LogP) is 8.07. The first-order valence-corrected chi connectivity index (χ1v) is 13.0. The average molecular weight is 521 g/mol. The third kappa shape index (κ3) is 8.54. The topological polar surface area (TPSA) is 55.4 Å².